The van der Waals surface area contributed by atoms with Gasteiger partial charge < -0.3 is 9.64 Å². The first kappa shape index (κ1) is 17.6. The van der Waals surface area contributed by atoms with Crippen LogP contribution in [-0.2, 0) is 4.79 Å². The number of halogens is 3. The molecule has 1 atom stereocenters. The van der Waals surface area contributed by atoms with E-state index in [1.807, 2.05) is 0 Å². The van der Waals surface area contributed by atoms with Crippen LogP contribution in [0.1, 0.15) is 16.8 Å². The molecule has 2 fully saturated rings. The summed E-state index contributed by atoms with van der Waals surface area (Å²) in [5.74, 6) is -1.13. The summed E-state index contributed by atoms with van der Waals surface area (Å²) in [5.41, 5.74) is 0.0517. The van der Waals surface area contributed by atoms with Crippen LogP contribution in [0.3, 0.4) is 0 Å². The van der Waals surface area contributed by atoms with Crippen LogP contribution in [0.25, 0.3) is 0 Å². The average Bonchev–Trinajstić information content (AvgIpc) is 3.12. The quantitative estimate of drug-likeness (QED) is 0.813. The second-order valence-corrected chi connectivity index (χ2v) is 6.51. The van der Waals surface area contributed by atoms with Gasteiger partial charge in [-0.2, -0.15) is 0 Å². The van der Waals surface area contributed by atoms with E-state index >= 15 is 0 Å². The lowest BCUT2D eigenvalue weighted by Crippen LogP contribution is -2.41. The third-order valence-electron chi connectivity index (χ3n) is 3.91. The van der Waals surface area contributed by atoms with Gasteiger partial charge in [0.2, 0.25) is 5.91 Å². The van der Waals surface area contributed by atoms with Crippen molar-refractivity contribution in [3.8, 4) is 5.75 Å². The molecule has 0 bridgehead atoms. The molecule has 134 valence electrons. The molecular weight excluding hydrogens is 361 g/mol. The van der Waals surface area contributed by atoms with Gasteiger partial charge in [0.1, 0.15) is 5.75 Å². The Bertz CT molecular complexity index is 709. The number of nitrogens with zero attached hydrogens (tertiary/aromatic N) is 2. The first-order valence-corrected chi connectivity index (χ1v) is 8.37. The first-order valence-electron chi connectivity index (χ1n) is 7.38. The fourth-order valence-corrected chi connectivity index (χ4v) is 3.64. The minimum absolute atomic E-state index is 0.0517. The van der Waals surface area contributed by atoms with Gasteiger partial charge in [0.05, 0.1) is 11.8 Å². The third kappa shape index (κ3) is 3.89. The molecule has 2 aliphatic rings. The molecule has 0 N–H and O–H groups in total. The number of rotatable bonds is 3. The fourth-order valence-electron chi connectivity index (χ4n) is 2.86. The number of benzene rings is 1. The lowest BCUT2D eigenvalue weighted by atomic mass is 10.2. The molecule has 0 aromatic heterocycles. The largest absolute Gasteiger partial charge is 0.573 e. The average molecular weight is 374 g/mol. The minimum atomic E-state index is -4.84. The third-order valence-corrected chi connectivity index (χ3v) is 4.75. The van der Waals surface area contributed by atoms with Crippen molar-refractivity contribution in [1.29, 1.82) is 0 Å². The number of alkyl halides is 3. The molecule has 0 aliphatic carbocycles. The highest BCUT2D eigenvalue weighted by Crippen LogP contribution is 2.28. The highest BCUT2D eigenvalue weighted by atomic mass is 32.2. The van der Waals surface area contributed by atoms with Crippen molar-refractivity contribution < 1.29 is 32.3 Å². The Hall–Kier alpha value is -2.23. The van der Waals surface area contributed by atoms with Crippen molar-refractivity contribution in [2.75, 3.05) is 18.8 Å². The van der Waals surface area contributed by atoms with Crippen molar-refractivity contribution in [1.82, 2.24) is 9.80 Å². The summed E-state index contributed by atoms with van der Waals surface area (Å²) >= 11 is 0.924. The number of carbonyl (C=O) groups excluding carboxylic acids is 3. The summed E-state index contributed by atoms with van der Waals surface area (Å²) in [5, 5.41) is -0.329. The van der Waals surface area contributed by atoms with Crippen LogP contribution in [0.2, 0.25) is 0 Å². The molecule has 1 aromatic rings. The van der Waals surface area contributed by atoms with Gasteiger partial charge in [0.25, 0.3) is 11.1 Å². The molecular formula is C15H13F3N2O4S. The lowest BCUT2D eigenvalue weighted by molar-refractivity contribution is -0.274. The monoisotopic (exact) mass is 374 g/mol. The van der Waals surface area contributed by atoms with Gasteiger partial charge in [-0.15, -0.1) is 13.2 Å². The summed E-state index contributed by atoms with van der Waals surface area (Å²) in [4.78, 5) is 38.6. The number of hydrogen-bond donors (Lipinski definition) is 0. The molecule has 2 saturated heterocycles. The second kappa shape index (κ2) is 6.58. The van der Waals surface area contributed by atoms with Gasteiger partial charge in [-0.1, -0.05) is 17.8 Å². The Morgan fingerprint density at radius 3 is 2.68 bits per heavy atom. The van der Waals surface area contributed by atoms with E-state index in [0.717, 1.165) is 23.9 Å². The minimum Gasteiger partial charge on any atom is -0.406 e. The number of thioether (sulfide) groups is 1. The molecule has 2 heterocycles. The van der Waals surface area contributed by atoms with Crippen molar-refractivity contribution in [2.45, 2.75) is 18.8 Å². The predicted molar refractivity (Wildman–Crippen MR) is 82.1 cm³/mol. The van der Waals surface area contributed by atoms with Gasteiger partial charge in [-0.25, -0.2) is 0 Å². The molecule has 6 nitrogen and oxygen atoms in total. The topological polar surface area (TPSA) is 66.9 Å². The van der Waals surface area contributed by atoms with Gasteiger partial charge in [-0.3, -0.25) is 19.3 Å². The summed E-state index contributed by atoms with van der Waals surface area (Å²) in [6.45, 7) is 0.483. The van der Waals surface area contributed by atoms with Crippen molar-refractivity contribution in [2.24, 2.45) is 0 Å². The summed E-state index contributed by atoms with van der Waals surface area (Å²) in [7, 11) is 0. The van der Waals surface area contributed by atoms with E-state index in [-0.39, 0.29) is 29.0 Å². The molecule has 10 heteroatoms. The van der Waals surface area contributed by atoms with Crippen LogP contribution in [0.5, 0.6) is 5.75 Å². The maximum absolute atomic E-state index is 12.5. The Morgan fingerprint density at radius 1 is 1.28 bits per heavy atom. The zero-order valence-electron chi connectivity index (χ0n) is 12.8. The van der Waals surface area contributed by atoms with E-state index in [4.69, 9.17) is 0 Å². The van der Waals surface area contributed by atoms with E-state index in [2.05, 4.69) is 4.74 Å². The number of amides is 3. The Kier molecular flexibility index (Phi) is 4.63. The van der Waals surface area contributed by atoms with E-state index < -0.39 is 24.1 Å². The van der Waals surface area contributed by atoms with Gasteiger partial charge in [0.15, 0.2) is 0 Å². The van der Waals surface area contributed by atoms with Crippen molar-refractivity contribution in [3.63, 3.8) is 0 Å². The molecule has 0 spiro atoms. The zero-order valence-corrected chi connectivity index (χ0v) is 13.6. The summed E-state index contributed by atoms with van der Waals surface area (Å²) in [6.07, 6.45) is -4.39. The zero-order chi connectivity index (χ0) is 18.2. The molecule has 0 saturated carbocycles. The molecule has 1 unspecified atom stereocenters. The normalized spacial score (nSPS) is 21.2. The first-order chi connectivity index (χ1) is 11.7. The van der Waals surface area contributed by atoms with Crippen LogP contribution in [0, 0.1) is 0 Å². The SMILES string of the molecule is O=C(c1cccc(OC(F)(F)F)c1)N1CCC(N2C(=O)CSC2=O)C1. The Balaban J connectivity index is 1.69. The molecule has 25 heavy (non-hydrogen) atoms. The standard InChI is InChI=1S/C15H13F3N2O4S/c16-15(17,18)24-11-3-1-2-9(6-11)13(22)19-5-4-10(7-19)20-12(21)8-25-14(20)23/h1-3,6,10H,4-5,7-8H2. The van der Waals surface area contributed by atoms with E-state index in [1.165, 1.54) is 21.9 Å². The summed E-state index contributed by atoms with van der Waals surface area (Å²) in [6, 6.07) is 4.42. The number of carbonyl (C=O) groups is 3. The van der Waals surface area contributed by atoms with Crippen LogP contribution in [0.15, 0.2) is 24.3 Å². The molecule has 2 aliphatic heterocycles. The maximum Gasteiger partial charge on any atom is 0.573 e. The number of ether oxygens (including phenoxy) is 1. The Labute approximate surface area is 144 Å². The van der Waals surface area contributed by atoms with E-state index in [0.29, 0.717) is 13.0 Å². The number of likely N-dealkylation sites (tertiary alicyclic amines) is 1. The van der Waals surface area contributed by atoms with Crippen molar-refractivity contribution >= 4 is 28.8 Å². The number of hydrogen-bond acceptors (Lipinski definition) is 5. The molecule has 3 amide bonds. The summed E-state index contributed by atoms with van der Waals surface area (Å²) < 4.78 is 40.7. The Morgan fingerprint density at radius 2 is 2.04 bits per heavy atom. The van der Waals surface area contributed by atoms with E-state index in [1.54, 1.807) is 0 Å². The van der Waals surface area contributed by atoms with Crippen molar-refractivity contribution in [3.05, 3.63) is 29.8 Å². The predicted octanol–water partition coefficient (Wildman–Crippen LogP) is 2.50. The van der Waals surface area contributed by atoms with Gasteiger partial charge >= 0.3 is 6.36 Å². The highest BCUT2D eigenvalue weighted by molar-refractivity contribution is 8.14. The van der Waals surface area contributed by atoms with Crippen LogP contribution < -0.4 is 4.74 Å². The number of imide groups is 1. The lowest BCUT2D eigenvalue weighted by Gasteiger charge is -2.22. The van der Waals surface area contributed by atoms with Crippen LogP contribution >= 0.6 is 11.8 Å². The maximum atomic E-state index is 12.5. The second-order valence-electron chi connectivity index (χ2n) is 5.59. The van der Waals surface area contributed by atoms with Gasteiger partial charge in [0, 0.05) is 18.7 Å². The van der Waals surface area contributed by atoms with E-state index in [9.17, 15) is 27.6 Å². The smallest absolute Gasteiger partial charge is 0.406 e. The molecule has 0 radical (unpaired) electrons. The highest BCUT2D eigenvalue weighted by Gasteiger charge is 2.40. The van der Waals surface area contributed by atoms with Crippen LogP contribution in [0.4, 0.5) is 18.0 Å². The fraction of sp³-hybridized carbons (Fsp3) is 0.400. The van der Waals surface area contributed by atoms with Crippen LogP contribution in [-0.4, -0.2) is 58.1 Å². The van der Waals surface area contributed by atoms with Gasteiger partial charge in [-0.05, 0) is 24.6 Å². The molecule has 3 rings (SSSR count). The molecule has 1 aromatic carbocycles.